The van der Waals surface area contributed by atoms with Crippen molar-refractivity contribution in [1.82, 2.24) is 4.98 Å². The summed E-state index contributed by atoms with van der Waals surface area (Å²) in [7, 11) is 0. The zero-order valence-electron chi connectivity index (χ0n) is 14.3. The summed E-state index contributed by atoms with van der Waals surface area (Å²) in [6.45, 7) is 6.76. The molecule has 2 aromatic rings. The number of pyridine rings is 1. The van der Waals surface area contributed by atoms with Gasteiger partial charge in [-0.25, -0.2) is 4.98 Å². The second kappa shape index (κ2) is 8.73. The minimum atomic E-state index is -0.780. The lowest BCUT2D eigenvalue weighted by Crippen LogP contribution is -2.02. The van der Waals surface area contributed by atoms with E-state index in [0.29, 0.717) is 18.3 Å². The van der Waals surface area contributed by atoms with Crippen LogP contribution < -0.4 is 4.74 Å². The number of carboxylic acid groups (broad SMARTS) is 1. The number of ether oxygens (including phenoxy) is 1. The average molecular weight is 345 g/mol. The normalized spacial score (nSPS) is 10.8. The fourth-order valence-electron chi connectivity index (χ4n) is 2.16. The van der Waals surface area contributed by atoms with Crippen LogP contribution in [0.25, 0.3) is 0 Å². The Morgan fingerprint density at radius 2 is 1.92 bits per heavy atom. The van der Waals surface area contributed by atoms with Crippen molar-refractivity contribution in [3.63, 3.8) is 0 Å². The summed E-state index contributed by atoms with van der Waals surface area (Å²) >= 11 is 1.74. The summed E-state index contributed by atoms with van der Waals surface area (Å²) in [5.41, 5.74) is 3.08. The molecule has 0 amide bonds. The molecule has 24 heavy (non-hydrogen) atoms. The highest BCUT2D eigenvalue weighted by Gasteiger charge is 2.09. The maximum atomic E-state index is 10.6. The first kappa shape index (κ1) is 18.3. The van der Waals surface area contributed by atoms with Crippen LogP contribution >= 0.6 is 11.8 Å². The Bertz CT molecular complexity index is 684. The summed E-state index contributed by atoms with van der Waals surface area (Å²) in [4.78, 5) is 15.2. The fraction of sp³-hybridized carbons (Fsp3) is 0.368. The van der Waals surface area contributed by atoms with Crippen molar-refractivity contribution >= 4 is 17.7 Å². The van der Waals surface area contributed by atoms with Crippen LogP contribution in [0.1, 0.15) is 37.1 Å². The maximum absolute atomic E-state index is 10.6. The molecule has 0 radical (unpaired) electrons. The average Bonchev–Trinajstić information content (AvgIpc) is 2.52. The highest BCUT2D eigenvalue weighted by Crippen LogP contribution is 2.26. The van der Waals surface area contributed by atoms with E-state index < -0.39 is 5.97 Å². The van der Waals surface area contributed by atoms with E-state index in [1.165, 1.54) is 0 Å². The molecule has 4 nitrogen and oxygen atoms in total. The Hall–Kier alpha value is -2.01. The van der Waals surface area contributed by atoms with Gasteiger partial charge in [-0.05, 0) is 37.1 Å². The van der Waals surface area contributed by atoms with Gasteiger partial charge in [-0.1, -0.05) is 32.0 Å². The lowest BCUT2D eigenvalue weighted by Gasteiger charge is -2.12. The third-order valence-electron chi connectivity index (χ3n) is 3.37. The maximum Gasteiger partial charge on any atom is 0.303 e. The smallest absolute Gasteiger partial charge is 0.303 e. The van der Waals surface area contributed by atoms with Crippen LogP contribution in [-0.2, 0) is 17.8 Å². The van der Waals surface area contributed by atoms with E-state index in [0.717, 1.165) is 27.6 Å². The van der Waals surface area contributed by atoms with Gasteiger partial charge in [0.05, 0.1) is 0 Å². The van der Waals surface area contributed by atoms with Gasteiger partial charge in [0.2, 0.25) is 0 Å². The van der Waals surface area contributed by atoms with Crippen LogP contribution in [0.15, 0.2) is 41.4 Å². The number of aromatic nitrogens is 1. The van der Waals surface area contributed by atoms with Crippen molar-refractivity contribution in [1.29, 1.82) is 0 Å². The number of rotatable bonds is 8. The van der Waals surface area contributed by atoms with Gasteiger partial charge in [-0.3, -0.25) is 4.79 Å². The van der Waals surface area contributed by atoms with Gasteiger partial charge in [0, 0.05) is 22.9 Å². The number of hydrogen-bond donors (Lipinski definition) is 1. The van der Waals surface area contributed by atoms with Gasteiger partial charge in [0.25, 0.3) is 0 Å². The number of nitrogens with zero attached hydrogens (tertiary/aromatic N) is 1. The molecular weight excluding hydrogens is 322 g/mol. The molecule has 1 aromatic heterocycles. The first-order valence-corrected chi connectivity index (χ1v) is 8.88. The molecule has 0 unspecified atom stereocenters. The van der Waals surface area contributed by atoms with E-state index >= 15 is 0 Å². The number of aliphatic carboxylic acids is 1. The van der Waals surface area contributed by atoms with Gasteiger partial charge in [0.15, 0.2) is 0 Å². The first-order valence-electron chi connectivity index (χ1n) is 8.00. The molecule has 2 rings (SSSR count). The molecule has 1 aromatic carbocycles. The predicted molar refractivity (Wildman–Crippen MR) is 96.7 cm³/mol. The monoisotopic (exact) mass is 345 g/mol. The Morgan fingerprint density at radius 3 is 2.54 bits per heavy atom. The molecule has 0 aliphatic rings. The number of thioether (sulfide) groups is 1. The number of carbonyl (C=O) groups is 1. The van der Waals surface area contributed by atoms with Crippen molar-refractivity contribution in [3.05, 3.63) is 53.2 Å². The molecule has 1 heterocycles. The molecule has 0 bridgehead atoms. The van der Waals surface area contributed by atoms with Crippen LogP contribution in [0.4, 0.5) is 0 Å². The van der Waals surface area contributed by atoms with E-state index in [4.69, 9.17) is 9.84 Å². The van der Waals surface area contributed by atoms with Crippen molar-refractivity contribution in [2.75, 3.05) is 0 Å². The van der Waals surface area contributed by atoms with E-state index in [2.05, 4.69) is 24.9 Å². The lowest BCUT2D eigenvalue weighted by atomic mass is 10.1. The Kier molecular flexibility index (Phi) is 6.67. The van der Waals surface area contributed by atoms with Crippen molar-refractivity contribution in [2.45, 2.75) is 50.5 Å². The van der Waals surface area contributed by atoms with Gasteiger partial charge in [0.1, 0.15) is 17.4 Å². The number of aryl methyl sites for hydroxylation is 2. The zero-order valence-corrected chi connectivity index (χ0v) is 15.1. The standard InChI is InChI=1S/C19H23NO3S/c1-13(2)24-19-16(8-4-14(3)20-19)12-23-17-9-5-15(6-10-17)7-11-18(21)22/h4-6,8-10,13H,7,11-12H2,1-3H3,(H,21,22). The Labute approximate surface area is 147 Å². The van der Waals surface area contributed by atoms with Crippen LogP contribution in [0.5, 0.6) is 5.75 Å². The van der Waals surface area contributed by atoms with Crippen molar-refractivity contribution in [2.24, 2.45) is 0 Å². The third kappa shape index (κ3) is 5.89. The summed E-state index contributed by atoms with van der Waals surface area (Å²) < 4.78 is 5.87. The number of hydrogen-bond acceptors (Lipinski definition) is 4. The molecule has 0 saturated heterocycles. The van der Waals surface area contributed by atoms with Crippen LogP contribution in [0.3, 0.4) is 0 Å². The highest BCUT2D eigenvalue weighted by molar-refractivity contribution is 7.99. The fourth-order valence-corrected chi connectivity index (χ4v) is 3.08. The molecule has 0 spiro atoms. The second-order valence-electron chi connectivity index (χ2n) is 5.91. The van der Waals surface area contributed by atoms with E-state index in [9.17, 15) is 4.79 Å². The minimum Gasteiger partial charge on any atom is -0.489 e. The van der Waals surface area contributed by atoms with Crippen LogP contribution in [0.2, 0.25) is 0 Å². The molecule has 0 aliphatic heterocycles. The van der Waals surface area contributed by atoms with E-state index in [-0.39, 0.29) is 6.42 Å². The van der Waals surface area contributed by atoms with E-state index in [1.54, 1.807) is 11.8 Å². The lowest BCUT2D eigenvalue weighted by molar-refractivity contribution is -0.136. The topological polar surface area (TPSA) is 59.4 Å². The summed E-state index contributed by atoms with van der Waals surface area (Å²) in [6, 6.07) is 11.7. The molecule has 0 fully saturated rings. The molecule has 0 atom stereocenters. The van der Waals surface area contributed by atoms with Crippen LogP contribution in [-0.4, -0.2) is 21.3 Å². The summed E-state index contributed by atoms with van der Waals surface area (Å²) in [5.74, 6) is -0.00692. The summed E-state index contributed by atoms with van der Waals surface area (Å²) in [5, 5.41) is 10.2. The third-order valence-corrected chi connectivity index (χ3v) is 4.42. The Balaban J connectivity index is 1.99. The van der Waals surface area contributed by atoms with Gasteiger partial charge in [-0.15, -0.1) is 11.8 Å². The van der Waals surface area contributed by atoms with Crippen molar-refractivity contribution in [3.8, 4) is 5.75 Å². The predicted octanol–water partition coefficient (Wildman–Crippen LogP) is 4.49. The molecule has 0 aliphatic carbocycles. The highest BCUT2D eigenvalue weighted by atomic mass is 32.2. The largest absolute Gasteiger partial charge is 0.489 e. The minimum absolute atomic E-state index is 0.144. The summed E-state index contributed by atoms with van der Waals surface area (Å²) in [6.07, 6.45) is 0.678. The van der Waals surface area contributed by atoms with Crippen LogP contribution in [0, 0.1) is 6.92 Å². The van der Waals surface area contributed by atoms with Gasteiger partial charge >= 0.3 is 5.97 Å². The Morgan fingerprint density at radius 1 is 1.21 bits per heavy atom. The number of benzene rings is 1. The van der Waals surface area contributed by atoms with Gasteiger partial charge in [-0.2, -0.15) is 0 Å². The molecule has 0 saturated carbocycles. The molecule has 5 heteroatoms. The SMILES string of the molecule is Cc1ccc(COc2ccc(CCC(=O)O)cc2)c(SC(C)C)n1. The first-order chi connectivity index (χ1) is 11.4. The molecular formula is C19H23NO3S. The van der Waals surface area contributed by atoms with Gasteiger partial charge < -0.3 is 9.84 Å². The van der Waals surface area contributed by atoms with E-state index in [1.807, 2.05) is 37.3 Å². The number of carboxylic acids is 1. The molecule has 1 N–H and O–H groups in total. The van der Waals surface area contributed by atoms with Crippen molar-refractivity contribution < 1.29 is 14.6 Å². The second-order valence-corrected chi connectivity index (χ2v) is 7.48. The quantitative estimate of drug-likeness (QED) is 0.715. The molecule has 128 valence electrons. The zero-order chi connectivity index (χ0) is 17.5.